The molecule has 0 aromatic carbocycles. The summed E-state index contributed by atoms with van der Waals surface area (Å²) in [4.78, 5) is 10.9. The first-order valence-electron chi connectivity index (χ1n) is 3.46. The molecule has 2 aliphatic carbocycles. The van der Waals surface area contributed by atoms with Crippen LogP contribution in [0.4, 0.5) is 0 Å². The normalized spacial score (nSPS) is 48.6. The minimum Gasteiger partial charge on any atom is -0.382 e. The Morgan fingerprint density at radius 2 is 2.44 bits per heavy atom. The van der Waals surface area contributed by atoms with Crippen molar-refractivity contribution in [2.75, 3.05) is 0 Å². The summed E-state index contributed by atoms with van der Waals surface area (Å²) in [6.07, 6.45) is 3.15. The number of carbonyl (C=O) groups excluding carboxylic acids is 1. The van der Waals surface area contributed by atoms with E-state index in [1.165, 1.54) is 0 Å². The molecular formula is C7H10O2. The molecule has 0 aliphatic heterocycles. The van der Waals surface area contributed by atoms with Gasteiger partial charge in [-0.15, -0.1) is 0 Å². The van der Waals surface area contributed by atoms with E-state index < -0.39 is 5.60 Å². The minimum atomic E-state index is -0.870. The van der Waals surface area contributed by atoms with Crippen molar-refractivity contribution in [1.29, 1.82) is 0 Å². The SMILES string of the molecule is O=C1CC2CCC1(O)C2. The van der Waals surface area contributed by atoms with Crippen molar-refractivity contribution < 1.29 is 9.90 Å². The number of ketones is 1. The van der Waals surface area contributed by atoms with Gasteiger partial charge in [-0.05, 0) is 25.2 Å². The van der Waals surface area contributed by atoms with E-state index in [0.29, 0.717) is 12.3 Å². The Morgan fingerprint density at radius 3 is 2.67 bits per heavy atom. The van der Waals surface area contributed by atoms with Crippen LogP contribution >= 0.6 is 0 Å². The Morgan fingerprint density at radius 1 is 1.67 bits per heavy atom. The summed E-state index contributed by atoms with van der Waals surface area (Å²) in [6, 6.07) is 0. The minimum absolute atomic E-state index is 0.0822. The lowest BCUT2D eigenvalue weighted by atomic mass is 9.96. The first-order chi connectivity index (χ1) is 4.21. The van der Waals surface area contributed by atoms with Crippen molar-refractivity contribution in [2.24, 2.45) is 5.92 Å². The maximum atomic E-state index is 10.9. The molecule has 2 rings (SSSR count). The van der Waals surface area contributed by atoms with E-state index in [0.717, 1.165) is 19.3 Å². The zero-order valence-corrected chi connectivity index (χ0v) is 5.26. The fourth-order valence-corrected chi connectivity index (χ4v) is 2.00. The molecule has 2 heteroatoms. The molecule has 0 aromatic heterocycles. The number of rotatable bonds is 0. The monoisotopic (exact) mass is 126 g/mol. The van der Waals surface area contributed by atoms with Gasteiger partial charge in [-0.3, -0.25) is 4.79 Å². The molecule has 2 atom stereocenters. The van der Waals surface area contributed by atoms with Gasteiger partial charge >= 0.3 is 0 Å². The third kappa shape index (κ3) is 0.568. The molecule has 0 radical (unpaired) electrons. The van der Waals surface area contributed by atoms with Gasteiger partial charge in [0, 0.05) is 6.42 Å². The van der Waals surface area contributed by atoms with E-state index in [1.807, 2.05) is 0 Å². The van der Waals surface area contributed by atoms with Crippen LogP contribution in [-0.4, -0.2) is 16.5 Å². The Balaban J connectivity index is 2.32. The van der Waals surface area contributed by atoms with Gasteiger partial charge in [0.15, 0.2) is 5.78 Å². The van der Waals surface area contributed by atoms with Gasteiger partial charge in [0.1, 0.15) is 5.60 Å². The van der Waals surface area contributed by atoms with E-state index >= 15 is 0 Å². The van der Waals surface area contributed by atoms with Gasteiger partial charge in [-0.1, -0.05) is 0 Å². The average Bonchev–Trinajstić information content (AvgIpc) is 2.22. The topological polar surface area (TPSA) is 37.3 Å². The number of hydrogen-bond acceptors (Lipinski definition) is 2. The molecule has 2 unspecified atom stereocenters. The molecule has 1 N–H and O–H groups in total. The second-order valence-corrected chi connectivity index (χ2v) is 3.27. The van der Waals surface area contributed by atoms with E-state index in [9.17, 15) is 9.90 Å². The number of fused-ring (bicyclic) bond motifs is 2. The lowest BCUT2D eigenvalue weighted by molar-refractivity contribution is -0.134. The van der Waals surface area contributed by atoms with Crippen molar-refractivity contribution in [1.82, 2.24) is 0 Å². The Bertz CT molecular complexity index is 164. The standard InChI is InChI=1S/C7H10O2/c8-6-3-5-1-2-7(6,9)4-5/h5,9H,1-4H2. The molecule has 2 aliphatic rings. The van der Waals surface area contributed by atoms with E-state index in [1.54, 1.807) is 0 Å². The van der Waals surface area contributed by atoms with Crippen LogP contribution in [0.15, 0.2) is 0 Å². The molecule has 9 heavy (non-hydrogen) atoms. The first kappa shape index (κ1) is 5.42. The fourth-order valence-electron chi connectivity index (χ4n) is 2.00. The maximum Gasteiger partial charge on any atom is 0.164 e. The third-order valence-electron chi connectivity index (χ3n) is 2.59. The van der Waals surface area contributed by atoms with Crippen LogP contribution in [0, 0.1) is 5.92 Å². The highest BCUT2D eigenvalue weighted by molar-refractivity contribution is 5.90. The smallest absolute Gasteiger partial charge is 0.164 e. The second-order valence-electron chi connectivity index (χ2n) is 3.27. The van der Waals surface area contributed by atoms with Crippen LogP contribution in [0.1, 0.15) is 25.7 Å². The predicted octanol–water partition coefficient (Wildman–Crippen LogP) is 0.490. The molecule has 2 saturated carbocycles. The molecule has 2 nitrogen and oxygen atoms in total. The third-order valence-corrected chi connectivity index (χ3v) is 2.59. The Hall–Kier alpha value is -0.370. The highest BCUT2D eigenvalue weighted by Crippen LogP contribution is 2.44. The van der Waals surface area contributed by atoms with Crippen LogP contribution in [-0.2, 0) is 4.79 Å². The second kappa shape index (κ2) is 1.37. The molecule has 0 aromatic rings. The van der Waals surface area contributed by atoms with Gasteiger partial charge in [0.05, 0.1) is 0 Å². The average molecular weight is 126 g/mol. The predicted molar refractivity (Wildman–Crippen MR) is 31.9 cm³/mol. The molecule has 0 amide bonds. The summed E-state index contributed by atoms with van der Waals surface area (Å²) >= 11 is 0. The van der Waals surface area contributed by atoms with Crippen LogP contribution in [0.2, 0.25) is 0 Å². The summed E-state index contributed by atoms with van der Waals surface area (Å²) in [6.45, 7) is 0. The fraction of sp³-hybridized carbons (Fsp3) is 0.857. The van der Waals surface area contributed by atoms with Crippen molar-refractivity contribution >= 4 is 5.78 Å². The molecule has 2 bridgehead atoms. The molecule has 0 spiro atoms. The molecule has 0 saturated heterocycles. The quantitative estimate of drug-likeness (QED) is 0.513. The van der Waals surface area contributed by atoms with E-state index in [4.69, 9.17) is 0 Å². The van der Waals surface area contributed by atoms with Crippen molar-refractivity contribution in [3.05, 3.63) is 0 Å². The highest BCUT2D eigenvalue weighted by Gasteiger charge is 2.50. The summed E-state index contributed by atoms with van der Waals surface area (Å²) in [5.74, 6) is 0.598. The maximum absolute atomic E-state index is 10.9. The molecule has 2 fully saturated rings. The number of aliphatic hydroxyl groups is 1. The van der Waals surface area contributed by atoms with Crippen LogP contribution in [0.5, 0.6) is 0 Å². The first-order valence-corrected chi connectivity index (χ1v) is 3.46. The lowest BCUT2D eigenvalue weighted by Crippen LogP contribution is -2.31. The van der Waals surface area contributed by atoms with Gasteiger partial charge in [0.25, 0.3) is 0 Å². The van der Waals surface area contributed by atoms with Gasteiger partial charge < -0.3 is 5.11 Å². The van der Waals surface area contributed by atoms with Gasteiger partial charge in [0.2, 0.25) is 0 Å². The summed E-state index contributed by atoms with van der Waals surface area (Å²) in [5, 5.41) is 9.46. The largest absolute Gasteiger partial charge is 0.382 e. The van der Waals surface area contributed by atoms with Crippen LogP contribution in [0.3, 0.4) is 0 Å². The summed E-state index contributed by atoms with van der Waals surface area (Å²) < 4.78 is 0. The lowest BCUT2D eigenvalue weighted by Gasteiger charge is -2.16. The molecule has 0 heterocycles. The molecular weight excluding hydrogens is 116 g/mol. The van der Waals surface area contributed by atoms with Crippen molar-refractivity contribution in [3.8, 4) is 0 Å². The molecule has 50 valence electrons. The highest BCUT2D eigenvalue weighted by atomic mass is 16.3. The van der Waals surface area contributed by atoms with Gasteiger partial charge in [-0.2, -0.15) is 0 Å². The zero-order valence-electron chi connectivity index (χ0n) is 5.26. The zero-order chi connectivity index (χ0) is 6.48. The Labute approximate surface area is 53.9 Å². The number of hydrogen-bond donors (Lipinski definition) is 1. The van der Waals surface area contributed by atoms with Gasteiger partial charge in [-0.25, -0.2) is 0 Å². The van der Waals surface area contributed by atoms with E-state index in [-0.39, 0.29) is 5.78 Å². The summed E-state index contributed by atoms with van der Waals surface area (Å²) in [7, 11) is 0. The number of Topliss-reactive ketones (excluding diaryl/α,β-unsaturated/α-hetero) is 1. The van der Waals surface area contributed by atoms with Crippen LogP contribution in [0.25, 0.3) is 0 Å². The van der Waals surface area contributed by atoms with E-state index in [2.05, 4.69) is 0 Å². The Kier molecular flexibility index (Phi) is 0.826. The van der Waals surface area contributed by atoms with Crippen LogP contribution < -0.4 is 0 Å². The number of carbonyl (C=O) groups is 1. The van der Waals surface area contributed by atoms with Crippen molar-refractivity contribution in [2.45, 2.75) is 31.3 Å². The summed E-state index contributed by atoms with van der Waals surface area (Å²) in [5.41, 5.74) is -0.870. The van der Waals surface area contributed by atoms with Crippen molar-refractivity contribution in [3.63, 3.8) is 0 Å².